The standard InChI is InChI=1S/C15H19IN2O2/c16-12-5-3-11(4-6-12)15(19)17-8-14-9-18-7-1-2-13(18)10-20-14/h3-6,13-14H,1-2,7-10H2,(H,17,19)/t13-,14+/m1/s1. The lowest BCUT2D eigenvalue weighted by atomic mass is 10.2. The number of nitrogens with zero attached hydrogens (tertiary/aromatic N) is 1. The van der Waals surface area contributed by atoms with Crippen LogP contribution in [0.2, 0.25) is 0 Å². The van der Waals surface area contributed by atoms with Gasteiger partial charge in [-0.3, -0.25) is 9.69 Å². The van der Waals surface area contributed by atoms with Crippen molar-refractivity contribution < 1.29 is 9.53 Å². The molecule has 2 heterocycles. The third-order valence-electron chi connectivity index (χ3n) is 4.06. The zero-order chi connectivity index (χ0) is 13.9. The summed E-state index contributed by atoms with van der Waals surface area (Å²) >= 11 is 2.23. The van der Waals surface area contributed by atoms with E-state index >= 15 is 0 Å². The van der Waals surface area contributed by atoms with E-state index in [4.69, 9.17) is 4.74 Å². The number of carbonyl (C=O) groups excluding carboxylic acids is 1. The van der Waals surface area contributed by atoms with Gasteiger partial charge in [0, 0.05) is 28.3 Å². The van der Waals surface area contributed by atoms with Crippen LogP contribution in [0.5, 0.6) is 0 Å². The fourth-order valence-electron chi connectivity index (χ4n) is 2.92. The normalized spacial score (nSPS) is 26.2. The molecule has 1 aromatic carbocycles. The van der Waals surface area contributed by atoms with Gasteiger partial charge in [0.15, 0.2) is 0 Å². The van der Waals surface area contributed by atoms with E-state index in [0.717, 1.165) is 16.7 Å². The van der Waals surface area contributed by atoms with Gasteiger partial charge in [0.05, 0.1) is 12.7 Å². The Morgan fingerprint density at radius 1 is 1.40 bits per heavy atom. The summed E-state index contributed by atoms with van der Waals surface area (Å²) in [7, 11) is 0. The lowest BCUT2D eigenvalue weighted by Gasteiger charge is -2.35. The molecule has 2 atom stereocenters. The molecular weight excluding hydrogens is 367 g/mol. The highest BCUT2D eigenvalue weighted by Gasteiger charge is 2.32. The number of hydrogen-bond donors (Lipinski definition) is 1. The van der Waals surface area contributed by atoms with Crippen molar-refractivity contribution in [1.29, 1.82) is 0 Å². The molecule has 5 heteroatoms. The van der Waals surface area contributed by atoms with E-state index in [9.17, 15) is 4.79 Å². The van der Waals surface area contributed by atoms with Crippen LogP contribution in [0.4, 0.5) is 0 Å². The molecule has 2 aliphatic heterocycles. The van der Waals surface area contributed by atoms with Crippen LogP contribution in [0.3, 0.4) is 0 Å². The first-order valence-corrected chi connectivity index (χ1v) is 8.19. The second-order valence-electron chi connectivity index (χ2n) is 5.46. The number of benzene rings is 1. The first kappa shape index (κ1) is 14.3. The Hall–Kier alpha value is -0.660. The maximum Gasteiger partial charge on any atom is 0.251 e. The largest absolute Gasteiger partial charge is 0.373 e. The molecule has 0 spiro atoms. The van der Waals surface area contributed by atoms with Crippen molar-refractivity contribution in [2.75, 3.05) is 26.2 Å². The highest BCUT2D eigenvalue weighted by Crippen LogP contribution is 2.22. The van der Waals surface area contributed by atoms with Crippen molar-refractivity contribution in [3.63, 3.8) is 0 Å². The minimum absolute atomic E-state index is 0.0199. The number of amides is 1. The van der Waals surface area contributed by atoms with Gasteiger partial charge in [0.25, 0.3) is 5.91 Å². The molecule has 0 aliphatic carbocycles. The van der Waals surface area contributed by atoms with E-state index in [0.29, 0.717) is 18.2 Å². The van der Waals surface area contributed by atoms with Gasteiger partial charge in [-0.1, -0.05) is 0 Å². The minimum Gasteiger partial charge on any atom is -0.373 e. The van der Waals surface area contributed by atoms with Gasteiger partial charge in [-0.15, -0.1) is 0 Å². The summed E-state index contributed by atoms with van der Waals surface area (Å²) in [6, 6.07) is 8.21. The monoisotopic (exact) mass is 386 g/mol. The SMILES string of the molecule is O=C(NC[C@H]1CN2CCC[C@@H]2CO1)c1ccc(I)cc1. The molecule has 0 bridgehead atoms. The van der Waals surface area contributed by atoms with Crippen LogP contribution in [-0.2, 0) is 4.74 Å². The van der Waals surface area contributed by atoms with Gasteiger partial charge in [-0.2, -0.15) is 0 Å². The molecule has 108 valence electrons. The Morgan fingerprint density at radius 2 is 2.20 bits per heavy atom. The molecule has 0 radical (unpaired) electrons. The molecule has 0 unspecified atom stereocenters. The fourth-order valence-corrected chi connectivity index (χ4v) is 3.28. The van der Waals surface area contributed by atoms with E-state index in [1.165, 1.54) is 19.4 Å². The summed E-state index contributed by atoms with van der Waals surface area (Å²) < 4.78 is 6.97. The average molecular weight is 386 g/mol. The number of carbonyl (C=O) groups is 1. The van der Waals surface area contributed by atoms with Crippen LogP contribution in [0.1, 0.15) is 23.2 Å². The number of halogens is 1. The molecule has 4 nitrogen and oxygen atoms in total. The molecule has 1 amide bonds. The quantitative estimate of drug-likeness (QED) is 0.807. The second kappa shape index (κ2) is 6.41. The minimum atomic E-state index is -0.0199. The van der Waals surface area contributed by atoms with Crippen LogP contribution in [0.25, 0.3) is 0 Å². The summed E-state index contributed by atoms with van der Waals surface area (Å²) in [4.78, 5) is 14.5. The van der Waals surface area contributed by atoms with Crippen molar-refractivity contribution in [3.05, 3.63) is 33.4 Å². The van der Waals surface area contributed by atoms with E-state index in [2.05, 4.69) is 32.8 Å². The van der Waals surface area contributed by atoms with Gasteiger partial charge in [0.2, 0.25) is 0 Å². The lowest BCUT2D eigenvalue weighted by Crippen LogP contribution is -2.50. The third kappa shape index (κ3) is 3.32. The van der Waals surface area contributed by atoms with Gasteiger partial charge >= 0.3 is 0 Å². The van der Waals surface area contributed by atoms with Crippen molar-refractivity contribution in [2.45, 2.75) is 25.0 Å². The molecular formula is C15H19IN2O2. The fraction of sp³-hybridized carbons (Fsp3) is 0.533. The summed E-state index contributed by atoms with van der Waals surface area (Å²) in [5, 5.41) is 2.97. The topological polar surface area (TPSA) is 41.6 Å². The van der Waals surface area contributed by atoms with E-state index in [1.54, 1.807) is 0 Å². The lowest BCUT2D eigenvalue weighted by molar-refractivity contribution is -0.0461. The molecule has 2 saturated heterocycles. The van der Waals surface area contributed by atoms with Crippen LogP contribution >= 0.6 is 22.6 Å². The van der Waals surface area contributed by atoms with Gasteiger partial charge in [0.1, 0.15) is 0 Å². The third-order valence-corrected chi connectivity index (χ3v) is 4.78. The zero-order valence-electron chi connectivity index (χ0n) is 11.3. The molecule has 1 N–H and O–H groups in total. The van der Waals surface area contributed by atoms with Crippen molar-refractivity contribution in [3.8, 4) is 0 Å². The summed E-state index contributed by atoms with van der Waals surface area (Å²) in [5.74, 6) is -0.0199. The molecule has 20 heavy (non-hydrogen) atoms. The number of fused-ring (bicyclic) bond motifs is 1. The molecule has 2 fully saturated rings. The van der Waals surface area contributed by atoms with E-state index < -0.39 is 0 Å². The maximum atomic E-state index is 12.0. The first-order valence-electron chi connectivity index (χ1n) is 7.12. The predicted molar refractivity (Wildman–Crippen MR) is 85.8 cm³/mol. The van der Waals surface area contributed by atoms with Crippen LogP contribution in [-0.4, -0.2) is 49.2 Å². The van der Waals surface area contributed by atoms with Gasteiger partial charge in [-0.25, -0.2) is 0 Å². The van der Waals surface area contributed by atoms with Crippen LogP contribution < -0.4 is 5.32 Å². The van der Waals surface area contributed by atoms with Gasteiger partial charge in [-0.05, 0) is 66.2 Å². The predicted octanol–water partition coefficient (Wildman–Crippen LogP) is 1.88. The zero-order valence-corrected chi connectivity index (χ0v) is 13.5. The molecule has 2 aliphatic rings. The highest BCUT2D eigenvalue weighted by molar-refractivity contribution is 14.1. The van der Waals surface area contributed by atoms with Crippen LogP contribution in [0, 0.1) is 3.57 Å². The summed E-state index contributed by atoms with van der Waals surface area (Å²) in [5.41, 5.74) is 0.709. The Labute approximate surface area is 133 Å². The Bertz CT molecular complexity index is 477. The van der Waals surface area contributed by atoms with Crippen molar-refractivity contribution in [1.82, 2.24) is 10.2 Å². The molecule has 0 saturated carbocycles. The number of hydrogen-bond acceptors (Lipinski definition) is 3. The number of ether oxygens (including phenoxy) is 1. The Balaban J connectivity index is 1.49. The van der Waals surface area contributed by atoms with Crippen molar-refractivity contribution >= 4 is 28.5 Å². The maximum absolute atomic E-state index is 12.0. The highest BCUT2D eigenvalue weighted by atomic mass is 127. The molecule has 1 aromatic rings. The Kier molecular flexibility index (Phi) is 4.58. The molecule has 0 aromatic heterocycles. The number of morpholine rings is 1. The van der Waals surface area contributed by atoms with E-state index in [1.807, 2.05) is 24.3 Å². The average Bonchev–Trinajstić information content (AvgIpc) is 2.93. The molecule has 3 rings (SSSR count). The Morgan fingerprint density at radius 3 is 3.00 bits per heavy atom. The van der Waals surface area contributed by atoms with Crippen LogP contribution in [0.15, 0.2) is 24.3 Å². The summed E-state index contributed by atoms with van der Waals surface area (Å²) in [6.07, 6.45) is 2.65. The number of rotatable bonds is 3. The van der Waals surface area contributed by atoms with Crippen molar-refractivity contribution in [2.24, 2.45) is 0 Å². The second-order valence-corrected chi connectivity index (χ2v) is 6.71. The summed E-state index contributed by atoms with van der Waals surface area (Å²) in [6.45, 7) is 3.52. The van der Waals surface area contributed by atoms with E-state index in [-0.39, 0.29) is 12.0 Å². The first-order chi connectivity index (χ1) is 9.72. The number of nitrogens with one attached hydrogen (secondary N) is 1. The van der Waals surface area contributed by atoms with Gasteiger partial charge < -0.3 is 10.1 Å². The smallest absolute Gasteiger partial charge is 0.251 e.